The average molecular weight is 365 g/mol. The molecule has 1 aliphatic rings. The minimum Gasteiger partial charge on any atom is -0.471 e. The third-order valence-electron chi connectivity index (χ3n) is 3.96. The number of esters is 1. The summed E-state index contributed by atoms with van der Waals surface area (Å²) in [5, 5.41) is 2.52. The number of ether oxygens (including phenoxy) is 2. The summed E-state index contributed by atoms with van der Waals surface area (Å²) in [5.74, 6) is -2.33. The summed E-state index contributed by atoms with van der Waals surface area (Å²) in [4.78, 5) is 23.6. The van der Waals surface area contributed by atoms with Crippen LogP contribution in [0.25, 0.3) is 0 Å². The van der Waals surface area contributed by atoms with E-state index in [1.54, 1.807) is 30.3 Å². The molecule has 26 heavy (non-hydrogen) atoms. The van der Waals surface area contributed by atoms with Crippen molar-refractivity contribution in [3.05, 3.63) is 53.6 Å². The van der Waals surface area contributed by atoms with Gasteiger partial charge in [-0.2, -0.15) is 13.2 Å². The average Bonchev–Trinajstić information content (AvgIpc) is 2.55. The van der Waals surface area contributed by atoms with E-state index in [0.717, 1.165) is 13.0 Å². The van der Waals surface area contributed by atoms with Gasteiger partial charge >= 0.3 is 12.1 Å². The minimum absolute atomic E-state index is 0.00680. The van der Waals surface area contributed by atoms with Gasteiger partial charge in [0, 0.05) is 18.6 Å². The van der Waals surface area contributed by atoms with Crippen LogP contribution in [-0.4, -0.2) is 11.9 Å². The Balaban J connectivity index is 2.11. The highest BCUT2D eigenvalue weighted by atomic mass is 19.4. The van der Waals surface area contributed by atoms with Crippen LogP contribution in [0, 0.1) is 0 Å². The minimum atomic E-state index is -4.77. The lowest BCUT2D eigenvalue weighted by Gasteiger charge is -2.35. The Morgan fingerprint density at radius 3 is 2.42 bits per heavy atom. The van der Waals surface area contributed by atoms with Gasteiger partial charge in [0.2, 0.25) is 5.60 Å². The van der Waals surface area contributed by atoms with Crippen molar-refractivity contribution in [3.8, 4) is 11.5 Å². The third-order valence-corrected chi connectivity index (χ3v) is 3.96. The van der Waals surface area contributed by atoms with E-state index in [2.05, 4.69) is 10.1 Å². The normalized spacial score (nSPS) is 19.2. The van der Waals surface area contributed by atoms with Crippen molar-refractivity contribution in [1.82, 2.24) is 0 Å². The highest BCUT2D eigenvalue weighted by molar-refractivity contribution is 6.01. The number of hydrogen-bond donors (Lipinski definition) is 1. The number of carbonyl (C=O) groups is 2. The molecule has 1 atom stereocenters. The number of rotatable bonds is 2. The Kier molecular flexibility index (Phi) is 4.14. The van der Waals surface area contributed by atoms with Crippen molar-refractivity contribution in [1.29, 1.82) is 0 Å². The fourth-order valence-electron chi connectivity index (χ4n) is 2.66. The Hall–Kier alpha value is -3.03. The Labute approximate surface area is 146 Å². The van der Waals surface area contributed by atoms with Gasteiger partial charge in [-0.1, -0.05) is 30.3 Å². The van der Waals surface area contributed by atoms with Crippen molar-refractivity contribution in [2.75, 3.05) is 5.32 Å². The van der Waals surface area contributed by atoms with Crippen LogP contribution < -0.4 is 14.8 Å². The van der Waals surface area contributed by atoms with E-state index in [1.165, 1.54) is 6.92 Å². The SMILES string of the molecule is CC(=O)Oc1cc2c(cc1C(F)(F)F)O[C@@](C)(c1ccccc1)C(=O)N2. The molecule has 0 fully saturated rings. The van der Waals surface area contributed by atoms with Gasteiger partial charge < -0.3 is 14.8 Å². The van der Waals surface area contributed by atoms with Gasteiger partial charge in [0.05, 0.1) is 5.69 Å². The van der Waals surface area contributed by atoms with Crippen molar-refractivity contribution in [2.24, 2.45) is 0 Å². The maximum absolute atomic E-state index is 13.3. The molecule has 0 bridgehead atoms. The van der Waals surface area contributed by atoms with Gasteiger partial charge in [-0.05, 0) is 13.0 Å². The molecule has 1 N–H and O–H groups in total. The zero-order valence-corrected chi connectivity index (χ0v) is 13.8. The van der Waals surface area contributed by atoms with Gasteiger partial charge in [0.1, 0.15) is 17.1 Å². The number of benzene rings is 2. The van der Waals surface area contributed by atoms with Crippen molar-refractivity contribution >= 4 is 17.6 Å². The standard InChI is InChI=1S/C18H14F3NO4/c1-10(23)25-14-9-13-15(8-12(14)18(19,20)21)26-17(2,16(24)22-13)11-6-4-3-5-7-11/h3-9H,1-2H3,(H,22,24)/t17-/m0/s1. The molecule has 2 aromatic rings. The van der Waals surface area contributed by atoms with Crippen LogP contribution in [0.1, 0.15) is 25.0 Å². The zero-order chi connectivity index (χ0) is 19.1. The predicted octanol–water partition coefficient (Wildman–Crippen LogP) is 3.88. The molecule has 0 aliphatic carbocycles. The van der Waals surface area contributed by atoms with Crippen LogP contribution in [0.2, 0.25) is 0 Å². The second kappa shape index (κ2) is 6.05. The van der Waals surface area contributed by atoms with E-state index in [-0.39, 0.29) is 11.4 Å². The quantitative estimate of drug-likeness (QED) is 0.648. The highest BCUT2D eigenvalue weighted by Gasteiger charge is 2.44. The van der Waals surface area contributed by atoms with Crippen molar-refractivity contribution in [2.45, 2.75) is 25.6 Å². The van der Waals surface area contributed by atoms with Gasteiger partial charge in [0.15, 0.2) is 0 Å². The summed E-state index contributed by atoms with van der Waals surface area (Å²) in [5.41, 5.74) is -2.19. The zero-order valence-electron chi connectivity index (χ0n) is 13.8. The summed E-state index contributed by atoms with van der Waals surface area (Å²) in [6.45, 7) is 2.45. The first kappa shape index (κ1) is 17.8. The number of hydrogen-bond acceptors (Lipinski definition) is 4. The summed E-state index contributed by atoms with van der Waals surface area (Å²) in [7, 11) is 0. The van der Waals surface area contributed by atoms with Crippen LogP contribution in [0.15, 0.2) is 42.5 Å². The summed E-state index contributed by atoms with van der Waals surface area (Å²) < 4.78 is 50.3. The molecule has 0 aromatic heterocycles. The molecule has 1 heterocycles. The number of carbonyl (C=O) groups excluding carboxylic acids is 2. The lowest BCUT2D eigenvalue weighted by molar-refractivity contribution is -0.141. The van der Waals surface area contributed by atoms with Crippen LogP contribution in [0.4, 0.5) is 18.9 Å². The molecular weight excluding hydrogens is 351 g/mol. The van der Waals surface area contributed by atoms with Crippen LogP contribution in [0.3, 0.4) is 0 Å². The molecule has 136 valence electrons. The molecule has 2 aromatic carbocycles. The molecule has 0 unspecified atom stereocenters. The van der Waals surface area contributed by atoms with E-state index in [9.17, 15) is 22.8 Å². The highest BCUT2D eigenvalue weighted by Crippen LogP contribution is 2.46. The molecule has 0 saturated heterocycles. The molecule has 5 nitrogen and oxygen atoms in total. The molecule has 3 rings (SSSR count). The fourth-order valence-corrected chi connectivity index (χ4v) is 2.66. The topological polar surface area (TPSA) is 64.6 Å². The first-order valence-corrected chi connectivity index (χ1v) is 7.61. The van der Waals surface area contributed by atoms with Gasteiger partial charge in [-0.3, -0.25) is 9.59 Å². The Morgan fingerprint density at radius 1 is 1.19 bits per heavy atom. The number of nitrogens with one attached hydrogen (secondary N) is 1. The molecule has 0 spiro atoms. The van der Waals surface area contributed by atoms with E-state index in [4.69, 9.17) is 4.74 Å². The van der Waals surface area contributed by atoms with Gasteiger partial charge in [-0.15, -0.1) is 0 Å². The number of amides is 1. The molecule has 1 aliphatic heterocycles. The number of fused-ring (bicyclic) bond motifs is 1. The second-order valence-electron chi connectivity index (χ2n) is 5.89. The van der Waals surface area contributed by atoms with Crippen LogP contribution in [0.5, 0.6) is 11.5 Å². The first-order valence-electron chi connectivity index (χ1n) is 7.61. The number of anilines is 1. The predicted molar refractivity (Wildman–Crippen MR) is 85.8 cm³/mol. The van der Waals surface area contributed by atoms with Crippen molar-refractivity contribution < 1.29 is 32.2 Å². The maximum atomic E-state index is 13.3. The summed E-state index contributed by atoms with van der Waals surface area (Å²) in [6, 6.07) is 10.1. The third kappa shape index (κ3) is 3.10. The van der Waals surface area contributed by atoms with Crippen LogP contribution >= 0.6 is 0 Å². The fraction of sp³-hybridized carbons (Fsp3) is 0.222. The van der Waals surface area contributed by atoms with E-state index >= 15 is 0 Å². The van der Waals surface area contributed by atoms with E-state index in [0.29, 0.717) is 11.6 Å². The van der Waals surface area contributed by atoms with Crippen LogP contribution in [-0.2, 0) is 21.4 Å². The first-order chi connectivity index (χ1) is 12.1. The Bertz CT molecular complexity index is 880. The molecular formula is C18H14F3NO4. The molecule has 0 saturated carbocycles. The summed E-state index contributed by atoms with van der Waals surface area (Å²) >= 11 is 0. The van der Waals surface area contributed by atoms with Crippen molar-refractivity contribution in [3.63, 3.8) is 0 Å². The summed E-state index contributed by atoms with van der Waals surface area (Å²) in [6.07, 6.45) is -4.77. The lowest BCUT2D eigenvalue weighted by Crippen LogP contribution is -2.45. The number of alkyl halides is 3. The van der Waals surface area contributed by atoms with E-state index in [1.807, 2.05) is 0 Å². The number of halogens is 3. The largest absolute Gasteiger partial charge is 0.471 e. The lowest BCUT2D eigenvalue weighted by atomic mass is 9.93. The Morgan fingerprint density at radius 2 is 1.85 bits per heavy atom. The van der Waals surface area contributed by atoms with Gasteiger partial charge in [0.25, 0.3) is 5.91 Å². The molecule has 8 heteroatoms. The smallest absolute Gasteiger partial charge is 0.420 e. The second-order valence-corrected chi connectivity index (χ2v) is 5.89. The maximum Gasteiger partial charge on any atom is 0.420 e. The molecule has 1 amide bonds. The monoisotopic (exact) mass is 365 g/mol. The molecule has 0 radical (unpaired) electrons. The van der Waals surface area contributed by atoms with Gasteiger partial charge in [-0.25, -0.2) is 0 Å². The van der Waals surface area contributed by atoms with E-state index < -0.39 is 35.0 Å².